The monoisotopic (exact) mass is 354 g/mol. The van der Waals surface area contributed by atoms with Crippen molar-refractivity contribution in [1.29, 1.82) is 0 Å². The standard InChI is InChI=1S/C19H26N6O/c1-13-18(21-12-20-13)19(26)25-9-5-6-15(11-25)16-10-17(23-14(2)22-16)24-7-3-4-8-24/h10,12,15H,3-9,11H2,1-2H3,(H,20,21)/t15-/m0/s1. The van der Waals surface area contributed by atoms with Gasteiger partial charge in [-0.3, -0.25) is 4.79 Å². The van der Waals surface area contributed by atoms with Gasteiger partial charge in [0.1, 0.15) is 17.3 Å². The molecule has 7 heteroatoms. The molecule has 0 spiro atoms. The highest BCUT2D eigenvalue weighted by molar-refractivity contribution is 5.93. The summed E-state index contributed by atoms with van der Waals surface area (Å²) in [5.41, 5.74) is 2.42. The molecule has 0 saturated carbocycles. The third-order valence-corrected chi connectivity index (χ3v) is 5.43. The number of carbonyl (C=O) groups excluding carboxylic acids is 1. The highest BCUT2D eigenvalue weighted by Crippen LogP contribution is 2.29. The first kappa shape index (κ1) is 17.0. The average molecular weight is 354 g/mol. The van der Waals surface area contributed by atoms with Crippen molar-refractivity contribution in [3.05, 3.63) is 35.3 Å². The molecule has 2 saturated heterocycles. The summed E-state index contributed by atoms with van der Waals surface area (Å²) >= 11 is 0. The SMILES string of the molecule is Cc1nc([C@H]2CCCN(C(=O)c3nc[nH]c3C)C2)cc(N2CCCC2)n1. The summed E-state index contributed by atoms with van der Waals surface area (Å²) in [4.78, 5) is 33.6. The van der Waals surface area contributed by atoms with Crippen molar-refractivity contribution in [1.82, 2.24) is 24.8 Å². The molecule has 0 bridgehead atoms. The minimum Gasteiger partial charge on any atom is -0.357 e. The van der Waals surface area contributed by atoms with Gasteiger partial charge >= 0.3 is 0 Å². The van der Waals surface area contributed by atoms with Gasteiger partial charge in [-0.15, -0.1) is 0 Å². The fraction of sp³-hybridized carbons (Fsp3) is 0.579. The molecule has 2 aliphatic heterocycles. The number of nitrogens with one attached hydrogen (secondary N) is 1. The summed E-state index contributed by atoms with van der Waals surface area (Å²) in [6, 6.07) is 2.14. The van der Waals surface area contributed by atoms with Crippen LogP contribution in [-0.4, -0.2) is 56.9 Å². The van der Waals surface area contributed by atoms with E-state index >= 15 is 0 Å². The molecule has 0 aliphatic carbocycles. The van der Waals surface area contributed by atoms with Gasteiger partial charge in [-0.05, 0) is 39.5 Å². The second-order valence-electron chi connectivity index (χ2n) is 7.36. The van der Waals surface area contributed by atoms with Crippen LogP contribution in [-0.2, 0) is 0 Å². The molecule has 0 unspecified atom stereocenters. The number of hydrogen-bond acceptors (Lipinski definition) is 5. The number of aromatic nitrogens is 4. The number of imidazole rings is 1. The van der Waals surface area contributed by atoms with Crippen molar-refractivity contribution in [2.75, 3.05) is 31.1 Å². The number of anilines is 1. The fourth-order valence-corrected chi connectivity index (χ4v) is 4.02. The minimum atomic E-state index is 0.0130. The van der Waals surface area contributed by atoms with Gasteiger partial charge < -0.3 is 14.8 Å². The Labute approximate surface area is 153 Å². The number of H-pyrrole nitrogens is 1. The van der Waals surface area contributed by atoms with Gasteiger partial charge in [0.2, 0.25) is 0 Å². The van der Waals surface area contributed by atoms with E-state index in [2.05, 4.69) is 25.9 Å². The zero-order valence-corrected chi connectivity index (χ0v) is 15.5. The molecule has 26 heavy (non-hydrogen) atoms. The average Bonchev–Trinajstić information content (AvgIpc) is 3.32. The van der Waals surface area contributed by atoms with Crippen molar-refractivity contribution in [2.24, 2.45) is 0 Å². The molecule has 1 atom stereocenters. The lowest BCUT2D eigenvalue weighted by atomic mass is 9.94. The van der Waals surface area contributed by atoms with Gasteiger partial charge in [0.15, 0.2) is 0 Å². The highest BCUT2D eigenvalue weighted by Gasteiger charge is 2.29. The first-order valence-electron chi connectivity index (χ1n) is 9.51. The van der Waals surface area contributed by atoms with Gasteiger partial charge in [-0.25, -0.2) is 15.0 Å². The topological polar surface area (TPSA) is 78.0 Å². The van der Waals surface area contributed by atoms with Crippen molar-refractivity contribution < 1.29 is 4.79 Å². The number of amides is 1. The fourth-order valence-electron chi connectivity index (χ4n) is 4.02. The van der Waals surface area contributed by atoms with Gasteiger partial charge in [0.25, 0.3) is 5.91 Å². The van der Waals surface area contributed by atoms with Crippen molar-refractivity contribution in [2.45, 2.75) is 45.4 Å². The zero-order chi connectivity index (χ0) is 18.1. The number of aryl methyl sites for hydroxylation is 2. The van der Waals surface area contributed by atoms with E-state index in [1.165, 1.54) is 12.8 Å². The van der Waals surface area contributed by atoms with Crippen LogP contribution in [0.5, 0.6) is 0 Å². The predicted molar refractivity (Wildman–Crippen MR) is 99.4 cm³/mol. The first-order valence-corrected chi connectivity index (χ1v) is 9.51. The van der Waals surface area contributed by atoms with Crippen LogP contribution in [0.1, 0.15) is 59.3 Å². The minimum absolute atomic E-state index is 0.0130. The number of rotatable bonds is 3. The second-order valence-corrected chi connectivity index (χ2v) is 7.36. The van der Waals surface area contributed by atoms with E-state index in [1.54, 1.807) is 6.33 Å². The van der Waals surface area contributed by atoms with Crippen LogP contribution in [0.3, 0.4) is 0 Å². The number of hydrogen-bond donors (Lipinski definition) is 1. The number of likely N-dealkylation sites (tertiary alicyclic amines) is 1. The maximum absolute atomic E-state index is 12.8. The number of aromatic amines is 1. The van der Waals surface area contributed by atoms with E-state index in [4.69, 9.17) is 4.98 Å². The van der Waals surface area contributed by atoms with Crippen LogP contribution in [0.25, 0.3) is 0 Å². The molecule has 138 valence electrons. The molecule has 1 amide bonds. The van der Waals surface area contributed by atoms with E-state index in [1.807, 2.05) is 18.7 Å². The van der Waals surface area contributed by atoms with Gasteiger partial charge in [0.05, 0.1) is 12.0 Å². The van der Waals surface area contributed by atoms with Gasteiger partial charge in [-0.1, -0.05) is 0 Å². The van der Waals surface area contributed by atoms with E-state index in [0.717, 1.165) is 55.5 Å². The largest absolute Gasteiger partial charge is 0.357 e. The molecule has 0 radical (unpaired) electrons. The van der Waals surface area contributed by atoms with Crippen LogP contribution in [0.2, 0.25) is 0 Å². The normalized spacial score (nSPS) is 20.6. The van der Waals surface area contributed by atoms with Gasteiger partial charge in [0, 0.05) is 43.9 Å². The summed E-state index contributed by atoms with van der Waals surface area (Å²) in [7, 11) is 0. The third kappa shape index (κ3) is 3.30. The molecular weight excluding hydrogens is 328 g/mol. The molecular formula is C19H26N6O. The highest BCUT2D eigenvalue weighted by atomic mass is 16.2. The second kappa shape index (κ2) is 7.05. The quantitative estimate of drug-likeness (QED) is 0.916. The van der Waals surface area contributed by atoms with Crippen LogP contribution < -0.4 is 4.90 Å². The lowest BCUT2D eigenvalue weighted by Gasteiger charge is -2.32. The Bertz CT molecular complexity index is 795. The number of piperidine rings is 1. The predicted octanol–water partition coefficient (Wildman–Crippen LogP) is 2.44. The maximum atomic E-state index is 12.8. The first-order chi connectivity index (χ1) is 12.6. The summed E-state index contributed by atoms with van der Waals surface area (Å²) in [6.45, 7) is 7.47. The summed E-state index contributed by atoms with van der Waals surface area (Å²) < 4.78 is 0. The summed E-state index contributed by atoms with van der Waals surface area (Å²) in [5, 5.41) is 0. The molecule has 2 aliphatic rings. The molecule has 7 nitrogen and oxygen atoms in total. The smallest absolute Gasteiger partial charge is 0.274 e. The summed E-state index contributed by atoms with van der Waals surface area (Å²) in [6.07, 6.45) is 6.08. The molecule has 2 aromatic heterocycles. The van der Waals surface area contributed by atoms with E-state index < -0.39 is 0 Å². The van der Waals surface area contributed by atoms with Crippen LogP contribution >= 0.6 is 0 Å². The Hall–Kier alpha value is -2.44. The van der Waals surface area contributed by atoms with E-state index in [-0.39, 0.29) is 11.8 Å². The molecule has 2 fully saturated rings. The van der Waals surface area contributed by atoms with Gasteiger partial charge in [-0.2, -0.15) is 0 Å². The van der Waals surface area contributed by atoms with E-state index in [0.29, 0.717) is 12.2 Å². The lowest BCUT2D eigenvalue weighted by Crippen LogP contribution is -2.39. The summed E-state index contributed by atoms with van der Waals surface area (Å²) in [5.74, 6) is 2.13. The Kier molecular flexibility index (Phi) is 4.61. The molecule has 4 heterocycles. The molecule has 4 rings (SSSR count). The Morgan fingerprint density at radius 1 is 1.15 bits per heavy atom. The van der Waals surface area contributed by atoms with Crippen LogP contribution in [0.15, 0.2) is 12.4 Å². The van der Waals surface area contributed by atoms with Crippen molar-refractivity contribution >= 4 is 11.7 Å². The van der Waals surface area contributed by atoms with E-state index in [9.17, 15) is 4.79 Å². The van der Waals surface area contributed by atoms with Crippen molar-refractivity contribution in [3.63, 3.8) is 0 Å². The Morgan fingerprint density at radius 2 is 1.96 bits per heavy atom. The third-order valence-electron chi connectivity index (χ3n) is 5.43. The Balaban J connectivity index is 1.54. The number of carbonyl (C=O) groups is 1. The zero-order valence-electron chi connectivity index (χ0n) is 15.5. The molecule has 1 N–H and O–H groups in total. The molecule has 2 aromatic rings. The van der Waals surface area contributed by atoms with Crippen molar-refractivity contribution in [3.8, 4) is 0 Å². The maximum Gasteiger partial charge on any atom is 0.274 e. The lowest BCUT2D eigenvalue weighted by molar-refractivity contribution is 0.0699. The van der Waals surface area contributed by atoms with Crippen LogP contribution in [0.4, 0.5) is 5.82 Å². The molecule has 0 aromatic carbocycles. The number of nitrogens with zero attached hydrogens (tertiary/aromatic N) is 5. The Morgan fingerprint density at radius 3 is 2.69 bits per heavy atom. The van der Waals surface area contributed by atoms with Crippen LogP contribution in [0, 0.1) is 13.8 Å².